The SMILES string of the molecule is COC(C)c1nnc2n1CCC(CN)C2. The molecule has 5 nitrogen and oxygen atoms in total. The van der Waals surface area contributed by atoms with Gasteiger partial charge in [0.1, 0.15) is 11.9 Å². The van der Waals surface area contributed by atoms with Crippen LogP contribution in [0.2, 0.25) is 0 Å². The molecule has 2 atom stereocenters. The molecule has 2 heterocycles. The van der Waals surface area contributed by atoms with Crippen molar-refractivity contribution >= 4 is 0 Å². The van der Waals surface area contributed by atoms with Gasteiger partial charge in [-0.05, 0) is 25.8 Å². The first-order valence-electron chi connectivity index (χ1n) is 5.41. The summed E-state index contributed by atoms with van der Waals surface area (Å²) in [7, 11) is 1.69. The lowest BCUT2D eigenvalue weighted by Gasteiger charge is -2.23. The van der Waals surface area contributed by atoms with Crippen molar-refractivity contribution in [1.29, 1.82) is 0 Å². The number of methoxy groups -OCH3 is 1. The van der Waals surface area contributed by atoms with Crippen LogP contribution in [0, 0.1) is 5.92 Å². The van der Waals surface area contributed by atoms with Gasteiger partial charge in [0.15, 0.2) is 5.82 Å². The van der Waals surface area contributed by atoms with E-state index in [-0.39, 0.29) is 6.10 Å². The van der Waals surface area contributed by atoms with Gasteiger partial charge in [0.2, 0.25) is 0 Å². The van der Waals surface area contributed by atoms with E-state index < -0.39 is 0 Å². The minimum Gasteiger partial charge on any atom is -0.374 e. The maximum absolute atomic E-state index is 5.67. The Morgan fingerprint density at radius 1 is 1.60 bits per heavy atom. The fourth-order valence-electron chi connectivity index (χ4n) is 2.02. The van der Waals surface area contributed by atoms with Crippen LogP contribution in [0.4, 0.5) is 0 Å². The number of ether oxygens (including phenoxy) is 1. The first-order chi connectivity index (χ1) is 7.26. The minimum atomic E-state index is 0.0145. The van der Waals surface area contributed by atoms with Crippen molar-refractivity contribution in [1.82, 2.24) is 14.8 Å². The molecule has 1 aromatic rings. The summed E-state index contributed by atoms with van der Waals surface area (Å²) in [5.41, 5.74) is 5.67. The number of nitrogens with two attached hydrogens (primary N) is 1. The summed E-state index contributed by atoms with van der Waals surface area (Å²) in [6, 6.07) is 0. The highest BCUT2D eigenvalue weighted by molar-refractivity contribution is 5.02. The summed E-state index contributed by atoms with van der Waals surface area (Å²) in [5.74, 6) is 2.55. The molecule has 0 fully saturated rings. The molecule has 0 aliphatic carbocycles. The second-order valence-electron chi connectivity index (χ2n) is 4.10. The van der Waals surface area contributed by atoms with E-state index in [4.69, 9.17) is 10.5 Å². The standard InChI is InChI=1S/C10H18N4O/c1-7(15-2)10-13-12-9-5-8(6-11)3-4-14(9)10/h7-8H,3-6,11H2,1-2H3. The fourth-order valence-corrected chi connectivity index (χ4v) is 2.02. The van der Waals surface area contributed by atoms with E-state index in [2.05, 4.69) is 14.8 Å². The summed E-state index contributed by atoms with van der Waals surface area (Å²) in [5, 5.41) is 8.39. The number of hydrogen-bond acceptors (Lipinski definition) is 4. The lowest BCUT2D eigenvalue weighted by Crippen LogP contribution is -2.26. The number of aromatic nitrogens is 3. The third kappa shape index (κ3) is 1.89. The Kier molecular flexibility index (Phi) is 3.02. The molecule has 2 unspecified atom stereocenters. The van der Waals surface area contributed by atoms with Gasteiger partial charge < -0.3 is 15.0 Å². The molecule has 0 spiro atoms. The van der Waals surface area contributed by atoms with Crippen molar-refractivity contribution in [3.05, 3.63) is 11.6 Å². The van der Waals surface area contributed by atoms with Crippen LogP contribution < -0.4 is 5.73 Å². The smallest absolute Gasteiger partial charge is 0.161 e. The average molecular weight is 210 g/mol. The first kappa shape index (κ1) is 10.6. The summed E-state index contributed by atoms with van der Waals surface area (Å²) in [6.07, 6.45) is 2.07. The number of nitrogens with zero attached hydrogens (tertiary/aromatic N) is 3. The second-order valence-corrected chi connectivity index (χ2v) is 4.10. The molecule has 0 radical (unpaired) electrons. The molecule has 0 saturated heterocycles. The molecule has 0 saturated carbocycles. The van der Waals surface area contributed by atoms with Crippen LogP contribution in [-0.4, -0.2) is 28.4 Å². The fraction of sp³-hybridized carbons (Fsp3) is 0.800. The maximum atomic E-state index is 5.67. The summed E-state index contributed by atoms with van der Waals surface area (Å²) in [4.78, 5) is 0. The number of hydrogen-bond donors (Lipinski definition) is 1. The zero-order valence-electron chi connectivity index (χ0n) is 9.31. The molecule has 0 aromatic carbocycles. The van der Waals surface area contributed by atoms with Gasteiger partial charge in [0, 0.05) is 20.1 Å². The number of rotatable bonds is 3. The van der Waals surface area contributed by atoms with Gasteiger partial charge in [0.05, 0.1) is 0 Å². The molecule has 0 bridgehead atoms. The summed E-state index contributed by atoms with van der Waals surface area (Å²) < 4.78 is 7.43. The Morgan fingerprint density at radius 3 is 3.07 bits per heavy atom. The van der Waals surface area contributed by atoms with E-state index in [9.17, 15) is 0 Å². The van der Waals surface area contributed by atoms with Crippen molar-refractivity contribution in [2.75, 3.05) is 13.7 Å². The van der Waals surface area contributed by atoms with Crippen LogP contribution in [0.5, 0.6) is 0 Å². The molecule has 2 N–H and O–H groups in total. The van der Waals surface area contributed by atoms with Gasteiger partial charge in [-0.2, -0.15) is 0 Å². The molecular formula is C10H18N4O. The molecule has 5 heteroatoms. The number of fused-ring (bicyclic) bond motifs is 1. The van der Waals surface area contributed by atoms with Crippen LogP contribution in [0.1, 0.15) is 31.1 Å². The molecule has 1 aliphatic heterocycles. The van der Waals surface area contributed by atoms with Gasteiger partial charge in [-0.15, -0.1) is 10.2 Å². The highest BCUT2D eigenvalue weighted by atomic mass is 16.5. The topological polar surface area (TPSA) is 66.0 Å². The Labute approximate surface area is 89.6 Å². The summed E-state index contributed by atoms with van der Waals surface area (Å²) in [6.45, 7) is 3.70. The van der Waals surface area contributed by atoms with Crippen LogP contribution in [-0.2, 0) is 17.7 Å². The van der Waals surface area contributed by atoms with E-state index >= 15 is 0 Å². The molecule has 2 rings (SSSR count). The van der Waals surface area contributed by atoms with Crippen molar-refractivity contribution in [3.8, 4) is 0 Å². The monoisotopic (exact) mass is 210 g/mol. The van der Waals surface area contributed by atoms with Crippen LogP contribution >= 0.6 is 0 Å². The van der Waals surface area contributed by atoms with Crippen LogP contribution in [0.3, 0.4) is 0 Å². The predicted octanol–water partition coefficient (Wildman–Crippen LogP) is 0.507. The van der Waals surface area contributed by atoms with Gasteiger partial charge in [-0.3, -0.25) is 0 Å². The lowest BCUT2D eigenvalue weighted by molar-refractivity contribution is 0.107. The van der Waals surface area contributed by atoms with Crippen molar-refractivity contribution in [3.63, 3.8) is 0 Å². The highest BCUT2D eigenvalue weighted by Gasteiger charge is 2.24. The Balaban J connectivity index is 2.22. The Bertz CT molecular complexity index is 336. The molecule has 15 heavy (non-hydrogen) atoms. The average Bonchev–Trinajstić information content (AvgIpc) is 2.70. The Morgan fingerprint density at radius 2 is 2.40 bits per heavy atom. The second kappa shape index (κ2) is 4.28. The van der Waals surface area contributed by atoms with Crippen LogP contribution in [0.15, 0.2) is 0 Å². The minimum absolute atomic E-state index is 0.0145. The third-order valence-electron chi connectivity index (χ3n) is 3.14. The molecule has 1 aromatic heterocycles. The first-order valence-corrected chi connectivity index (χ1v) is 5.41. The largest absolute Gasteiger partial charge is 0.374 e. The van der Waals surface area contributed by atoms with Gasteiger partial charge in [-0.25, -0.2) is 0 Å². The van der Waals surface area contributed by atoms with E-state index in [1.54, 1.807) is 7.11 Å². The van der Waals surface area contributed by atoms with Crippen LogP contribution in [0.25, 0.3) is 0 Å². The van der Waals surface area contributed by atoms with Gasteiger partial charge in [0.25, 0.3) is 0 Å². The van der Waals surface area contributed by atoms with Gasteiger partial charge in [-0.1, -0.05) is 0 Å². The molecule has 1 aliphatic rings. The quantitative estimate of drug-likeness (QED) is 0.789. The van der Waals surface area contributed by atoms with Gasteiger partial charge >= 0.3 is 0 Å². The van der Waals surface area contributed by atoms with E-state index in [1.165, 1.54) is 0 Å². The molecule has 0 amide bonds. The molecule has 84 valence electrons. The van der Waals surface area contributed by atoms with E-state index in [0.29, 0.717) is 5.92 Å². The van der Waals surface area contributed by atoms with E-state index in [1.807, 2.05) is 6.92 Å². The zero-order valence-corrected chi connectivity index (χ0v) is 9.31. The third-order valence-corrected chi connectivity index (χ3v) is 3.14. The maximum Gasteiger partial charge on any atom is 0.161 e. The predicted molar refractivity (Wildman–Crippen MR) is 56.3 cm³/mol. The Hall–Kier alpha value is -0.940. The van der Waals surface area contributed by atoms with Crippen molar-refractivity contribution in [2.24, 2.45) is 11.7 Å². The highest BCUT2D eigenvalue weighted by Crippen LogP contribution is 2.23. The molecular weight excluding hydrogens is 192 g/mol. The zero-order chi connectivity index (χ0) is 10.8. The van der Waals surface area contributed by atoms with E-state index in [0.717, 1.165) is 37.6 Å². The normalized spacial score (nSPS) is 22.5. The van der Waals surface area contributed by atoms with Crippen molar-refractivity contribution < 1.29 is 4.74 Å². The van der Waals surface area contributed by atoms with Crippen molar-refractivity contribution in [2.45, 2.75) is 32.4 Å². The lowest BCUT2D eigenvalue weighted by atomic mass is 9.98. The summed E-state index contributed by atoms with van der Waals surface area (Å²) >= 11 is 0.